The normalized spacial score (nSPS) is 12.5. The summed E-state index contributed by atoms with van der Waals surface area (Å²) in [6, 6.07) is 5.92. The van der Waals surface area contributed by atoms with Gasteiger partial charge < -0.3 is 20.3 Å². The number of methoxy groups -OCH3 is 1. The van der Waals surface area contributed by atoms with Gasteiger partial charge >= 0.3 is 0 Å². The van der Waals surface area contributed by atoms with Crippen molar-refractivity contribution in [2.24, 2.45) is 5.73 Å². The van der Waals surface area contributed by atoms with Gasteiger partial charge in [-0.2, -0.15) is 0 Å². The molecule has 1 atom stereocenters. The molecule has 0 radical (unpaired) electrons. The maximum absolute atomic E-state index is 9.04. The minimum Gasteiger partial charge on any atom is -0.493 e. The number of benzene rings is 1. The van der Waals surface area contributed by atoms with Crippen molar-refractivity contribution in [1.82, 2.24) is 4.90 Å². The van der Waals surface area contributed by atoms with E-state index in [1.54, 1.807) is 7.11 Å². The van der Waals surface area contributed by atoms with Crippen molar-refractivity contribution in [3.8, 4) is 11.5 Å². The first-order valence-corrected chi connectivity index (χ1v) is 6.99. The molecule has 20 heavy (non-hydrogen) atoms. The van der Waals surface area contributed by atoms with E-state index < -0.39 is 0 Å². The number of hydrogen-bond acceptors (Lipinski definition) is 5. The molecular weight excluding hydrogens is 256 g/mol. The highest BCUT2D eigenvalue weighted by molar-refractivity contribution is 5.44. The molecule has 0 heterocycles. The van der Waals surface area contributed by atoms with Crippen LogP contribution in [-0.2, 0) is 0 Å². The number of aliphatic hydroxyl groups is 1. The maximum atomic E-state index is 9.04. The molecule has 114 valence electrons. The van der Waals surface area contributed by atoms with Crippen LogP contribution in [0.5, 0.6) is 11.5 Å². The van der Waals surface area contributed by atoms with E-state index in [1.807, 2.05) is 30.1 Å². The number of nitrogens with zero attached hydrogens (tertiary/aromatic N) is 1. The summed E-state index contributed by atoms with van der Waals surface area (Å²) >= 11 is 0. The molecule has 5 heteroatoms. The fraction of sp³-hybridized carbons (Fsp3) is 0.600. The highest BCUT2D eigenvalue weighted by atomic mass is 16.5. The highest BCUT2D eigenvalue weighted by Gasteiger charge is 2.17. The molecule has 0 aliphatic rings. The van der Waals surface area contributed by atoms with Crippen molar-refractivity contribution >= 4 is 0 Å². The maximum Gasteiger partial charge on any atom is 0.161 e. The van der Waals surface area contributed by atoms with E-state index in [0.717, 1.165) is 17.7 Å². The SMILES string of the molecule is CCCOc1ccc(C(CN)N(C)CCO)cc1OC. The van der Waals surface area contributed by atoms with Gasteiger partial charge in [0.05, 0.1) is 20.3 Å². The fourth-order valence-electron chi connectivity index (χ4n) is 2.11. The predicted molar refractivity (Wildman–Crippen MR) is 80.3 cm³/mol. The lowest BCUT2D eigenvalue weighted by atomic mass is 10.0. The Balaban J connectivity index is 2.94. The van der Waals surface area contributed by atoms with Crippen molar-refractivity contribution in [3.63, 3.8) is 0 Å². The minimum atomic E-state index is 0.0521. The zero-order valence-electron chi connectivity index (χ0n) is 12.6. The molecule has 5 nitrogen and oxygen atoms in total. The fourth-order valence-corrected chi connectivity index (χ4v) is 2.11. The van der Waals surface area contributed by atoms with Crippen LogP contribution in [0.25, 0.3) is 0 Å². The van der Waals surface area contributed by atoms with Crippen LogP contribution in [0.3, 0.4) is 0 Å². The van der Waals surface area contributed by atoms with E-state index in [2.05, 4.69) is 6.92 Å². The van der Waals surface area contributed by atoms with Crippen LogP contribution >= 0.6 is 0 Å². The highest BCUT2D eigenvalue weighted by Crippen LogP contribution is 2.31. The van der Waals surface area contributed by atoms with E-state index in [9.17, 15) is 0 Å². The Morgan fingerprint density at radius 3 is 2.65 bits per heavy atom. The Bertz CT molecular complexity index is 399. The molecule has 1 unspecified atom stereocenters. The standard InChI is InChI=1S/C15H26N2O3/c1-4-9-20-14-6-5-12(10-15(14)19-3)13(11-16)17(2)7-8-18/h5-6,10,13,18H,4,7-9,11,16H2,1-3H3. The predicted octanol–water partition coefficient (Wildman–Crippen LogP) is 1.41. The summed E-state index contributed by atoms with van der Waals surface area (Å²) in [7, 11) is 3.58. The van der Waals surface area contributed by atoms with Gasteiger partial charge in [-0.3, -0.25) is 4.90 Å². The van der Waals surface area contributed by atoms with E-state index in [1.165, 1.54) is 0 Å². The lowest BCUT2D eigenvalue weighted by Crippen LogP contribution is -2.32. The van der Waals surface area contributed by atoms with Crippen molar-refractivity contribution in [3.05, 3.63) is 23.8 Å². The van der Waals surface area contributed by atoms with Gasteiger partial charge in [0.1, 0.15) is 0 Å². The Morgan fingerprint density at radius 1 is 1.35 bits per heavy atom. The number of aliphatic hydroxyl groups excluding tert-OH is 1. The Kier molecular flexibility index (Phi) is 7.36. The number of nitrogens with two attached hydrogens (primary N) is 1. The van der Waals surface area contributed by atoms with Crippen molar-refractivity contribution in [1.29, 1.82) is 0 Å². The summed E-state index contributed by atoms with van der Waals surface area (Å²) in [5.74, 6) is 1.46. The van der Waals surface area contributed by atoms with E-state index in [0.29, 0.717) is 25.4 Å². The van der Waals surface area contributed by atoms with Crippen LogP contribution < -0.4 is 15.2 Å². The molecule has 0 aliphatic heterocycles. The van der Waals surface area contributed by atoms with Crippen molar-refractivity contribution < 1.29 is 14.6 Å². The van der Waals surface area contributed by atoms with E-state index in [-0.39, 0.29) is 12.6 Å². The third-order valence-electron chi connectivity index (χ3n) is 3.24. The monoisotopic (exact) mass is 282 g/mol. The van der Waals surface area contributed by atoms with Gasteiger partial charge in [-0.15, -0.1) is 0 Å². The first-order valence-electron chi connectivity index (χ1n) is 6.99. The molecule has 0 amide bonds. The van der Waals surface area contributed by atoms with Gasteiger partial charge in [-0.25, -0.2) is 0 Å². The van der Waals surface area contributed by atoms with Gasteiger partial charge in [-0.1, -0.05) is 13.0 Å². The van der Waals surface area contributed by atoms with E-state index in [4.69, 9.17) is 20.3 Å². The first-order chi connectivity index (χ1) is 9.67. The zero-order chi connectivity index (χ0) is 15.0. The molecule has 3 N–H and O–H groups in total. The van der Waals surface area contributed by atoms with Gasteiger partial charge in [0.2, 0.25) is 0 Å². The van der Waals surface area contributed by atoms with Crippen molar-refractivity contribution in [2.75, 3.05) is 40.5 Å². The molecular formula is C15H26N2O3. The first kappa shape index (κ1) is 16.8. The third-order valence-corrected chi connectivity index (χ3v) is 3.24. The Morgan fingerprint density at radius 2 is 2.10 bits per heavy atom. The summed E-state index contributed by atoms with van der Waals surface area (Å²) < 4.78 is 11.0. The van der Waals surface area contributed by atoms with Gasteiger partial charge in [0.25, 0.3) is 0 Å². The summed E-state index contributed by atoms with van der Waals surface area (Å²) in [6.07, 6.45) is 0.954. The third kappa shape index (κ3) is 4.37. The molecule has 1 rings (SSSR count). The van der Waals surface area contributed by atoms with E-state index >= 15 is 0 Å². The smallest absolute Gasteiger partial charge is 0.161 e. The molecule has 0 saturated carbocycles. The van der Waals surface area contributed by atoms with Gasteiger partial charge in [-0.05, 0) is 31.2 Å². The van der Waals surface area contributed by atoms with Crippen LogP contribution in [0, 0.1) is 0 Å². The lowest BCUT2D eigenvalue weighted by molar-refractivity contribution is 0.183. The molecule has 1 aromatic carbocycles. The van der Waals surface area contributed by atoms with Crippen LogP contribution in [0.4, 0.5) is 0 Å². The number of ether oxygens (including phenoxy) is 2. The molecule has 0 spiro atoms. The summed E-state index contributed by atoms with van der Waals surface area (Å²) in [4.78, 5) is 2.03. The van der Waals surface area contributed by atoms with Crippen LogP contribution in [-0.4, -0.2) is 50.5 Å². The largest absolute Gasteiger partial charge is 0.493 e. The average molecular weight is 282 g/mol. The average Bonchev–Trinajstić information content (AvgIpc) is 2.46. The quantitative estimate of drug-likeness (QED) is 0.717. The number of hydrogen-bond donors (Lipinski definition) is 2. The zero-order valence-corrected chi connectivity index (χ0v) is 12.6. The van der Waals surface area contributed by atoms with Crippen molar-refractivity contribution in [2.45, 2.75) is 19.4 Å². The molecule has 0 aliphatic carbocycles. The second-order valence-corrected chi connectivity index (χ2v) is 4.71. The van der Waals surface area contributed by atoms with Crippen LogP contribution in [0.2, 0.25) is 0 Å². The topological polar surface area (TPSA) is 68.0 Å². The molecule has 1 aromatic rings. The van der Waals surface area contributed by atoms with Gasteiger partial charge in [0.15, 0.2) is 11.5 Å². The summed E-state index contributed by atoms with van der Waals surface area (Å²) in [6.45, 7) is 3.91. The number of likely N-dealkylation sites (N-methyl/N-ethyl adjacent to an activating group) is 1. The molecule has 0 fully saturated rings. The minimum absolute atomic E-state index is 0.0521. The lowest BCUT2D eigenvalue weighted by Gasteiger charge is -2.27. The van der Waals surface area contributed by atoms with Gasteiger partial charge in [0, 0.05) is 19.1 Å². The molecule has 0 bridgehead atoms. The summed E-state index contributed by atoms with van der Waals surface area (Å²) in [5.41, 5.74) is 6.91. The molecule has 0 saturated heterocycles. The number of rotatable bonds is 9. The second-order valence-electron chi connectivity index (χ2n) is 4.71. The molecule has 0 aromatic heterocycles. The van der Waals surface area contributed by atoms with Crippen LogP contribution in [0.15, 0.2) is 18.2 Å². The summed E-state index contributed by atoms with van der Waals surface area (Å²) in [5, 5.41) is 9.04. The Labute approximate surface area is 121 Å². The Hall–Kier alpha value is -1.30. The van der Waals surface area contributed by atoms with Crippen LogP contribution in [0.1, 0.15) is 24.9 Å². The second kappa shape index (κ2) is 8.79.